The largest absolute Gasteiger partial charge is 0.484 e. The van der Waals surface area contributed by atoms with Crippen molar-refractivity contribution < 1.29 is 14.4 Å². The van der Waals surface area contributed by atoms with Gasteiger partial charge < -0.3 is 15.0 Å². The number of carbonyl (C=O) groups is 1. The highest BCUT2D eigenvalue weighted by atomic mass is 16.5. The SMILES string of the molecule is CCC[NH+]1CCC(NC(=O)COc2ccc(-c3ccccc3)cc2)CC1. The third-order valence-corrected chi connectivity index (χ3v) is 4.99. The predicted octanol–water partition coefficient (Wildman–Crippen LogP) is 2.31. The van der Waals surface area contributed by atoms with E-state index in [0.717, 1.165) is 37.2 Å². The number of hydrogen-bond acceptors (Lipinski definition) is 2. The molecule has 0 spiro atoms. The number of quaternary nitrogens is 1. The summed E-state index contributed by atoms with van der Waals surface area (Å²) in [6.07, 6.45) is 3.35. The Labute approximate surface area is 156 Å². The molecule has 0 aromatic heterocycles. The first-order valence-corrected chi connectivity index (χ1v) is 9.66. The van der Waals surface area contributed by atoms with E-state index in [1.807, 2.05) is 42.5 Å². The monoisotopic (exact) mass is 353 g/mol. The number of likely N-dealkylation sites (tertiary alicyclic amines) is 1. The highest BCUT2D eigenvalue weighted by molar-refractivity contribution is 5.77. The molecule has 3 rings (SSSR count). The Kier molecular flexibility index (Phi) is 6.67. The lowest BCUT2D eigenvalue weighted by Gasteiger charge is -2.29. The number of carbonyl (C=O) groups excluding carboxylic acids is 1. The fraction of sp³-hybridized carbons (Fsp3) is 0.409. The topological polar surface area (TPSA) is 42.8 Å². The highest BCUT2D eigenvalue weighted by Crippen LogP contribution is 2.21. The first-order chi connectivity index (χ1) is 12.7. The molecule has 2 N–H and O–H groups in total. The van der Waals surface area contributed by atoms with Gasteiger partial charge in [-0.3, -0.25) is 4.79 Å². The van der Waals surface area contributed by atoms with Gasteiger partial charge in [0.15, 0.2) is 6.61 Å². The Bertz CT molecular complexity index is 677. The van der Waals surface area contributed by atoms with Crippen LogP contribution in [-0.4, -0.2) is 38.2 Å². The third-order valence-electron chi connectivity index (χ3n) is 4.99. The smallest absolute Gasteiger partial charge is 0.258 e. The molecule has 4 heteroatoms. The number of benzene rings is 2. The molecular weight excluding hydrogens is 324 g/mol. The van der Waals surface area contributed by atoms with Gasteiger partial charge in [0, 0.05) is 18.9 Å². The van der Waals surface area contributed by atoms with Crippen LogP contribution in [0.15, 0.2) is 54.6 Å². The van der Waals surface area contributed by atoms with Crippen molar-refractivity contribution in [3.63, 3.8) is 0 Å². The summed E-state index contributed by atoms with van der Waals surface area (Å²) in [5.74, 6) is 0.697. The normalized spacial score (nSPS) is 19.7. The molecule has 0 aliphatic carbocycles. The molecular formula is C22H29N2O2+. The van der Waals surface area contributed by atoms with E-state index in [1.165, 1.54) is 18.5 Å². The van der Waals surface area contributed by atoms with E-state index >= 15 is 0 Å². The van der Waals surface area contributed by atoms with Crippen LogP contribution in [0.2, 0.25) is 0 Å². The van der Waals surface area contributed by atoms with Gasteiger partial charge in [-0.1, -0.05) is 49.4 Å². The molecule has 1 aliphatic rings. The zero-order chi connectivity index (χ0) is 18.2. The van der Waals surface area contributed by atoms with Crippen LogP contribution in [0.4, 0.5) is 0 Å². The zero-order valence-corrected chi connectivity index (χ0v) is 15.5. The summed E-state index contributed by atoms with van der Waals surface area (Å²) in [6.45, 7) is 5.85. The van der Waals surface area contributed by atoms with E-state index in [2.05, 4.69) is 24.4 Å². The maximum absolute atomic E-state index is 12.1. The van der Waals surface area contributed by atoms with Crippen LogP contribution < -0.4 is 15.0 Å². The molecule has 0 atom stereocenters. The predicted molar refractivity (Wildman–Crippen MR) is 104 cm³/mol. The number of piperidine rings is 1. The molecule has 2 aromatic carbocycles. The van der Waals surface area contributed by atoms with Crippen molar-refractivity contribution in [3.05, 3.63) is 54.6 Å². The van der Waals surface area contributed by atoms with Gasteiger partial charge in [0.1, 0.15) is 5.75 Å². The summed E-state index contributed by atoms with van der Waals surface area (Å²) in [7, 11) is 0. The minimum atomic E-state index is -0.0268. The Morgan fingerprint density at radius 2 is 1.69 bits per heavy atom. The Balaban J connectivity index is 1.42. The molecule has 0 radical (unpaired) electrons. The van der Waals surface area contributed by atoms with Gasteiger partial charge in [0.25, 0.3) is 5.91 Å². The van der Waals surface area contributed by atoms with Crippen LogP contribution >= 0.6 is 0 Å². The van der Waals surface area contributed by atoms with Gasteiger partial charge in [-0.05, 0) is 29.7 Å². The number of nitrogens with one attached hydrogen (secondary N) is 2. The quantitative estimate of drug-likeness (QED) is 0.802. The summed E-state index contributed by atoms with van der Waals surface area (Å²) in [4.78, 5) is 13.8. The van der Waals surface area contributed by atoms with Gasteiger partial charge in [0.2, 0.25) is 0 Å². The van der Waals surface area contributed by atoms with E-state index in [0.29, 0.717) is 6.04 Å². The minimum absolute atomic E-state index is 0.0268. The maximum atomic E-state index is 12.1. The van der Waals surface area contributed by atoms with E-state index in [-0.39, 0.29) is 12.5 Å². The van der Waals surface area contributed by atoms with E-state index in [4.69, 9.17) is 4.74 Å². The molecule has 0 saturated carbocycles. The van der Waals surface area contributed by atoms with Crippen molar-refractivity contribution >= 4 is 5.91 Å². The Hall–Kier alpha value is -2.33. The first-order valence-electron chi connectivity index (χ1n) is 9.66. The molecule has 26 heavy (non-hydrogen) atoms. The van der Waals surface area contributed by atoms with Crippen molar-refractivity contribution in [3.8, 4) is 16.9 Å². The van der Waals surface area contributed by atoms with E-state index in [9.17, 15) is 4.79 Å². The van der Waals surface area contributed by atoms with Crippen LogP contribution in [0.25, 0.3) is 11.1 Å². The second kappa shape index (κ2) is 9.39. The van der Waals surface area contributed by atoms with Gasteiger partial charge >= 0.3 is 0 Å². The second-order valence-electron chi connectivity index (χ2n) is 7.02. The van der Waals surface area contributed by atoms with Crippen LogP contribution in [0.3, 0.4) is 0 Å². The average Bonchev–Trinajstić information content (AvgIpc) is 2.69. The van der Waals surface area contributed by atoms with Crippen molar-refractivity contribution in [2.45, 2.75) is 32.2 Å². The van der Waals surface area contributed by atoms with Gasteiger partial charge in [-0.25, -0.2) is 0 Å². The summed E-state index contributed by atoms with van der Waals surface area (Å²) >= 11 is 0. The Morgan fingerprint density at radius 1 is 1.04 bits per heavy atom. The fourth-order valence-electron chi connectivity index (χ4n) is 3.57. The van der Waals surface area contributed by atoms with Crippen LogP contribution in [0.1, 0.15) is 26.2 Å². The van der Waals surface area contributed by atoms with Gasteiger partial charge in [-0.2, -0.15) is 0 Å². The average molecular weight is 353 g/mol. The lowest BCUT2D eigenvalue weighted by atomic mass is 10.0. The van der Waals surface area contributed by atoms with Crippen LogP contribution in [0.5, 0.6) is 5.75 Å². The van der Waals surface area contributed by atoms with Crippen LogP contribution in [0, 0.1) is 0 Å². The number of hydrogen-bond donors (Lipinski definition) is 2. The molecule has 0 bridgehead atoms. The summed E-state index contributed by atoms with van der Waals surface area (Å²) in [5.41, 5.74) is 2.32. The molecule has 1 aliphatic heterocycles. The summed E-state index contributed by atoms with van der Waals surface area (Å²) in [5, 5.41) is 3.11. The number of rotatable bonds is 7. The highest BCUT2D eigenvalue weighted by Gasteiger charge is 2.22. The molecule has 1 fully saturated rings. The first kappa shape index (κ1) is 18.5. The fourth-order valence-corrected chi connectivity index (χ4v) is 3.57. The lowest BCUT2D eigenvalue weighted by molar-refractivity contribution is -0.905. The van der Waals surface area contributed by atoms with Crippen molar-refractivity contribution in [2.75, 3.05) is 26.2 Å². The third kappa shape index (κ3) is 5.33. The van der Waals surface area contributed by atoms with E-state index < -0.39 is 0 Å². The van der Waals surface area contributed by atoms with Crippen molar-refractivity contribution in [1.82, 2.24) is 5.32 Å². The summed E-state index contributed by atoms with van der Waals surface area (Å²) in [6, 6.07) is 18.4. The van der Waals surface area contributed by atoms with Gasteiger partial charge in [0.05, 0.1) is 19.6 Å². The lowest BCUT2D eigenvalue weighted by Crippen LogP contribution is -3.13. The maximum Gasteiger partial charge on any atom is 0.258 e. The molecule has 1 amide bonds. The van der Waals surface area contributed by atoms with Crippen LogP contribution in [-0.2, 0) is 4.79 Å². The molecule has 1 heterocycles. The van der Waals surface area contributed by atoms with Crippen molar-refractivity contribution in [1.29, 1.82) is 0 Å². The minimum Gasteiger partial charge on any atom is -0.484 e. The molecule has 138 valence electrons. The molecule has 1 saturated heterocycles. The molecule has 0 unspecified atom stereocenters. The standard InChI is InChI=1S/C22H28N2O2/c1-2-14-24-15-12-20(13-16-24)23-22(25)17-26-21-10-8-19(9-11-21)18-6-4-3-5-7-18/h3-11,20H,2,12-17H2,1H3,(H,23,25)/p+1. The van der Waals surface area contributed by atoms with Crippen molar-refractivity contribution in [2.24, 2.45) is 0 Å². The molecule has 2 aromatic rings. The molecule has 4 nitrogen and oxygen atoms in total. The number of ether oxygens (including phenoxy) is 1. The van der Waals surface area contributed by atoms with E-state index in [1.54, 1.807) is 4.90 Å². The Morgan fingerprint density at radius 3 is 2.35 bits per heavy atom. The number of amides is 1. The second-order valence-corrected chi connectivity index (χ2v) is 7.02. The zero-order valence-electron chi connectivity index (χ0n) is 15.5. The van der Waals surface area contributed by atoms with Gasteiger partial charge in [-0.15, -0.1) is 0 Å². The summed E-state index contributed by atoms with van der Waals surface area (Å²) < 4.78 is 5.64.